The van der Waals surface area contributed by atoms with Crippen LogP contribution in [0.15, 0.2) is 42.7 Å². The lowest BCUT2D eigenvalue weighted by atomic mass is 9.57. The number of aryl methyl sites for hydroxylation is 1. The Bertz CT molecular complexity index is 1500. The average Bonchev–Trinajstić information content (AvgIpc) is 3.46. The predicted molar refractivity (Wildman–Crippen MR) is 158 cm³/mol. The molecule has 0 radical (unpaired) electrons. The van der Waals surface area contributed by atoms with E-state index in [1.54, 1.807) is 6.33 Å². The lowest BCUT2D eigenvalue weighted by molar-refractivity contribution is 0.102. The molecule has 2 aromatic carbocycles. The van der Waals surface area contributed by atoms with E-state index in [-0.39, 0.29) is 22.7 Å². The summed E-state index contributed by atoms with van der Waals surface area (Å²) in [5, 5.41) is 21.1. The molecule has 2 aliphatic heterocycles. The minimum absolute atomic E-state index is 0.0233. The number of benzene rings is 2. The van der Waals surface area contributed by atoms with E-state index >= 15 is 0 Å². The first kappa shape index (κ1) is 27.5. The molecule has 3 heterocycles. The largest absolute Gasteiger partial charge is 0.492 e. The molecule has 8 nitrogen and oxygen atoms in total. The summed E-state index contributed by atoms with van der Waals surface area (Å²) in [6.45, 7) is 10.3. The highest BCUT2D eigenvalue weighted by molar-refractivity contribution is 6.07. The van der Waals surface area contributed by atoms with Crippen molar-refractivity contribution in [3.05, 3.63) is 70.8 Å². The van der Waals surface area contributed by atoms with Gasteiger partial charge in [-0.2, -0.15) is 5.26 Å². The molecule has 3 aliphatic rings. The van der Waals surface area contributed by atoms with E-state index in [9.17, 15) is 10.1 Å². The van der Waals surface area contributed by atoms with Crippen molar-refractivity contribution in [2.75, 3.05) is 25.0 Å². The fourth-order valence-electron chi connectivity index (χ4n) is 6.98. The number of rotatable bonds is 7. The number of piperidine rings is 1. The third kappa shape index (κ3) is 5.36. The summed E-state index contributed by atoms with van der Waals surface area (Å²) in [6, 6.07) is 14.8. The second-order valence-corrected chi connectivity index (χ2v) is 13.3. The monoisotopic (exact) mass is 552 g/mol. The summed E-state index contributed by atoms with van der Waals surface area (Å²) in [5.41, 5.74) is 4.37. The zero-order valence-corrected chi connectivity index (χ0v) is 24.6. The first-order valence-corrected chi connectivity index (χ1v) is 14.8. The molecular formula is C33H40N6O2. The van der Waals surface area contributed by atoms with Gasteiger partial charge in [0.1, 0.15) is 17.9 Å². The van der Waals surface area contributed by atoms with Gasteiger partial charge in [0.15, 0.2) is 0 Å². The standard InChI is InChI=1S/C33H40N6O2/c1-22-7-6-10-39(18-22)19-23-11-27(30-28(12-23)32(2,3)20-41-30)31(40)36-26-9-5-8-25(13-26)33(14-24(15-33)17-34)16-29-37-35-21-38(29)4/h5,8-9,11-13,21-22,24H,6-7,10,14-16,18-20H2,1-4H3,(H,36,40)/t22-,24?,33?/m0/s1. The maximum atomic E-state index is 13.9. The van der Waals surface area contributed by atoms with Gasteiger partial charge in [0, 0.05) is 54.6 Å². The molecule has 1 atom stereocenters. The molecular weight excluding hydrogens is 512 g/mol. The number of nitriles is 1. The van der Waals surface area contributed by atoms with Crippen molar-refractivity contribution in [3.8, 4) is 11.8 Å². The van der Waals surface area contributed by atoms with Crippen molar-refractivity contribution >= 4 is 11.6 Å². The van der Waals surface area contributed by atoms with Crippen LogP contribution in [0.5, 0.6) is 5.75 Å². The van der Waals surface area contributed by atoms with Gasteiger partial charge in [0.05, 0.1) is 18.2 Å². The Balaban J connectivity index is 1.27. The molecule has 8 heteroatoms. The third-order valence-corrected chi connectivity index (χ3v) is 9.34. The SMILES string of the molecule is C[C@H]1CCCN(Cc2cc(C(=O)Nc3cccc(C4(Cc5nncn5C)CC(C#N)C4)c3)c3c(c2)C(C)(C)CO3)C1. The minimum atomic E-state index is -0.207. The lowest BCUT2D eigenvalue weighted by Crippen LogP contribution is -2.43. The lowest BCUT2D eigenvalue weighted by Gasteiger charge is -2.45. The molecule has 214 valence electrons. The topological polar surface area (TPSA) is 96.1 Å². The van der Waals surface area contributed by atoms with Crippen LogP contribution in [0.25, 0.3) is 0 Å². The highest BCUT2D eigenvalue weighted by Gasteiger charge is 2.46. The zero-order chi connectivity index (χ0) is 28.8. The molecule has 1 saturated carbocycles. The van der Waals surface area contributed by atoms with E-state index in [1.165, 1.54) is 12.8 Å². The van der Waals surface area contributed by atoms with Crippen LogP contribution in [0.2, 0.25) is 0 Å². The molecule has 0 unspecified atom stereocenters. The Kier molecular flexibility index (Phi) is 7.11. The molecule has 2 fully saturated rings. The van der Waals surface area contributed by atoms with Crippen molar-refractivity contribution in [1.29, 1.82) is 5.26 Å². The second-order valence-electron chi connectivity index (χ2n) is 13.3. The number of fused-ring (bicyclic) bond motifs is 1. The van der Waals surface area contributed by atoms with Gasteiger partial charge in [0.25, 0.3) is 5.91 Å². The van der Waals surface area contributed by atoms with Crippen LogP contribution >= 0.6 is 0 Å². The van der Waals surface area contributed by atoms with Crippen LogP contribution in [0, 0.1) is 23.2 Å². The Labute approximate surface area is 242 Å². The van der Waals surface area contributed by atoms with Gasteiger partial charge < -0.3 is 14.6 Å². The number of nitrogens with one attached hydrogen (secondary N) is 1. The number of carbonyl (C=O) groups is 1. The van der Waals surface area contributed by atoms with Gasteiger partial charge in [-0.3, -0.25) is 9.69 Å². The fourth-order valence-corrected chi connectivity index (χ4v) is 6.98. The number of likely N-dealkylation sites (tertiary alicyclic amines) is 1. The molecule has 3 aromatic rings. The van der Waals surface area contributed by atoms with Crippen LogP contribution in [0.4, 0.5) is 5.69 Å². The Hall–Kier alpha value is -3.70. The number of ether oxygens (including phenoxy) is 1. The summed E-state index contributed by atoms with van der Waals surface area (Å²) in [7, 11) is 1.95. The first-order chi connectivity index (χ1) is 19.7. The molecule has 6 rings (SSSR count). The predicted octanol–water partition coefficient (Wildman–Crippen LogP) is 5.38. The van der Waals surface area contributed by atoms with Crippen molar-refractivity contribution in [1.82, 2.24) is 19.7 Å². The maximum Gasteiger partial charge on any atom is 0.259 e. The van der Waals surface area contributed by atoms with Crippen LogP contribution in [0.3, 0.4) is 0 Å². The van der Waals surface area contributed by atoms with E-state index in [0.29, 0.717) is 30.3 Å². The Morgan fingerprint density at radius 2 is 2.07 bits per heavy atom. The van der Waals surface area contributed by atoms with Gasteiger partial charge >= 0.3 is 0 Å². The molecule has 1 aromatic heterocycles. The van der Waals surface area contributed by atoms with Crippen LogP contribution < -0.4 is 10.1 Å². The highest BCUT2D eigenvalue weighted by atomic mass is 16.5. The van der Waals surface area contributed by atoms with Crippen LogP contribution in [-0.4, -0.2) is 45.3 Å². The number of nitrogens with zero attached hydrogens (tertiary/aromatic N) is 5. The second kappa shape index (κ2) is 10.6. The van der Waals surface area contributed by atoms with Crippen molar-refractivity contribution in [2.24, 2.45) is 18.9 Å². The summed E-state index contributed by atoms with van der Waals surface area (Å²) in [6.07, 6.45) is 6.44. The molecule has 1 aliphatic carbocycles. The minimum Gasteiger partial charge on any atom is -0.492 e. The van der Waals surface area contributed by atoms with Gasteiger partial charge in [-0.25, -0.2) is 0 Å². The Morgan fingerprint density at radius 1 is 1.24 bits per heavy atom. The molecule has 41 heavy (non-hydrogen) atoms. The fraction of sp³-hybridized carbons (Fsp3) is 0.515. The molecule has 0 spiro atoms. The quantitative estimate of drug-likeness (QED) is 0.423. The maximum absolute atomic E-state index is 13.9. The summed E-state index contributed by atoms with van der Waals surface area (Å²) >= 11 is 0. The summed E-state index contributed by atoms with van der Waals surface area (Å²) in [5.74, 6) is 2.16. The summed E-state index contributed by atoms with van der Waals surface area (Å²) < 4.78 is 8.08. The van der Waals surface area contributed by atoms with Crippen LogP contribution in [-0.2, 0) is 30.8 Å². The van der Waals surface area contributed by atoms with Gasteiger partial charge in [-0.15, -0.1) is 10.2 Å². The number of hydrogen-bond acceptors (Lipinski definition) is 6. The van der Waals surface area contributed by atoms with E-state index in [2.05, 4.69) is 65.5 Å². The van der Waals surface area contributed by atoms with E-state index in [4.69, 9.17) is 4.74 Å². The number of hydrogen-bond donors (Lipinski definition) is 1. The van der Waals surface area contributed by atoms with Gasteiger partial charge in [-0.1, -0.05) is 39.0 Å². The molecule has 1 amide bonds. The van der Waals surface area contributed by atoms with E-state index in [1.807, 2.05) is 29.8 Å². The summed E-state index contributed by atoms with van der Waals surface area (Å²) in [4.78, 5) is 16.4. The number of carbonyl (C=O) groups excluding carboxylic acids is 1. The number of anilines is 1. The van der Waals surface area contributed by atoms with Crippen molar-refractivity contribution in [2.45, 2.75) is 70.3 Å². The van der Waals surface area contributed by atoms with E-state index < -0.39 is 0 Å². The average molecular weight is 553 g/mol. The Morgan fingerprint density at radius 3 is 2.80 bits per heavy atom. The smallest absolute Gasteiger partial charge is 0.259 e. The van der Waals surface area contributed by atoms with Crippen LogP contribution in [0.1, 0.15) is 79.3 Å². The molecule has 0 bridgehead atoms. The normalized spacial score (nSPS) is 25.0. The third-order valence-electron chi connectivity index (χ3n) is 9.34. The molecule has 1 N–H and O–H groups in total. The van der Waals surface area contributed by atoms with Crippen molar-refractivity contribution in [3.63, 3.8) is 0 Å². The van der Waals surface area contributed by atoms with Gasteiger partial charge in [-0.05, 0) is 67.5 Å². The number of amides is 1. The number of aromatic nitrogens is 3. The first-order valence-electron chi connectivity index (χ1n) is 14.8. The highest BCUT2D eigenvalue weighted by Crippen LogP contribution is 2.50. The molecule has 1 saturated heterocycles. The van der Waals surface area contributed by atoms with Crippen molar-refractivity contribution < 1.29 is 9.53 Å². The zero-order valence-electron chi connectivity index (χ0n) is 24.6. The van der Waals surface area contributed by atoms with Gasteiger partial charge in [0.2, 0.25) is 0 Å². The van der Waals surface area contributed by atoms with E-state index in [0.717, 1.165) is 60.7 Å².